The molecule has 10 nitrogen and oxygen atoms in total. The van der Waals surface area contributed by atoms with Gasteiger partial charge in [-0.05, 0) is 12.0 Å². The summed E-state index contributed by atoms with van der Waals surface area (Å²) in [6.07, 6.45) is 2.46. The van der Waals surface area contributed by atoms with Gasteiger partial charge in [-0.2, -0.15) is 5.10 Å². The van der Waals surface area contributed by atoms with E-state index in [1.54, 1.807) is 22.5 Å². The highest BCUT2D eigenvalue weighted by Gasteiger charge is 2.31. The van der Waals surface area contributed by atoms with Crippen molar-refractivity contribution in [3.05, 3.63) is 59.8 Å². The van der Waals surface area contributed by atoms with Gasteiger partial charge in [-0.3, -0.25) is 19.3 Å². The van der Waals surface area contributed by atoms with E-state index in [4.69, 9.17) is 0 Å². The third-order valence-corrected chi connectivity index (χ3v) is 4.73. The maximum Gasteiger partial charge on any atom is 0.291 e. The normalized spacial score (nSPS) is 16.2. The van der Waals surface area contributed by atoms with Gasteiger partial charge >= 0.3 is 0 Å². The molecule has 0 saturated carbocycles. The van der Waals surface area contributed by atoms with Crippen molar-refractivity contribution in [1.82, 2.24) is 29.9 Å². The topological polar surface area (TPSA) is 115 Å². The van der Waals surface area contributed by atoms with E-state index in [0.717, 1.165) is 5.56 Å². The molecule has 148 valence electrons. The zero-order valence-electron chi connectivity index (χ0n) is 15.7. The standard InChI is InChI=1S/C19H19N7O3/c1-24-16-9-14(11-27)22-26(16)8-7-15(19(24)29)21-18(28)17-20-12-25(23-17)10-13-5-3-2-4-6-13/h2-6,9,11-12,15H,7-8,10H2,1H3,(H,21,28). The first-order chi connectivity index (χ1) is 14.0. The predicted molar refractivity (Wildman–Crippen MR) is 102 cm³/mol. The minimum atomic E-state index is -0.741. The van der Waals surface area contributed by atoms with Gasteiger partial charge in [-0.15, -0.1) is 5.10 Å². The van der Waals surface area contributed by atoms with Crippen molar-refractivity contribution in [2.75, 3.05) is 11.9 Å². The molecular formula is C19H19N7O3. The first-order valence-corrected chi connectivity index (χ1v) is 9.10. The van der Waals surface area contributed by atoms with E-state index in [2.05, 4.69) is 20.5 Å². The highest BCUT2D eigenvalue weighted by Crippen LogP contribution is 2.20. The lowest BCUT2D eigenvalue weighted by Gasteiger charge is -2.19. The number of nitrogens with zero attached hydrogens (tertiary/aromatic N) is 6. The second-order valence-electron chi connectivity index (χ2n) is 6.73. The molecule has 0 saturated heterocycles. The van der Waals surface area contributed by atoms with Crippen molar-refractivity contribution in [3.63, 3.8) is 0 Å². The third kappa shape index (κ3) is 3.77. The summed E-state index contributed by atoms with van der Waals surface area (Å²) in [4.78, 5) is 41.7. The molecule has 0 spiro atoms. The van der Waals surface area contributed by atoms with Crippen molar-refractivity contribution in [3.8, 4) is 0 Å². The summed E-state index contributed by atoms with van der Waals surface area (Å²) in [5, 5.41) is 11.1. The van der Waals surface area contributed by atoms with E-state index < -0.39 is 11.9 Å². The van der Waals surface area contributed by atoms with Crippen LogP contribution in [-0.2, 0) is 17.9 Å². The Morgan fingerprint density at radius 2 is 2.07 bits per heavy atom. The van der Waals surface area contributed by atoms with Crippen molar-refractivity contribution >= 4 is 23.9 Å². The number of aldehydes is 1. The van der Waals surface area contributed by atoms with Gasteiger partial charge in [0, 0.05) is 19.7 Å². The second-order valence-corrected chi connectivity index (χ2v) is 6.73. The van der Waals surface area contributed by atoms with E-state index >= 15 is 0 Å². The molecule has 0 radical (unpaired) electrons. The van der Waals surface area contributed by atoms with Gasteiger partial charge in [0.2, 0.25) is 5.82 Å². The van der Waals surface area contributed by atoms with E-state index in [0.29, 0.717) is 31.6 Å². The number of anilines is 1. The predicted octanol–water partition coefficient (Wildman–Crippen LogP) is 0.500. The lowest BCUT2D eigenvalue weighted by Crippen LogP contribution is -2.47. The molecule has 1 N–H and O–H groups in total. The van der Waals surface area contributed by atoms with Gasteiger partial charge in [0.05, 0.1) is 6.54 Å². The number of aryl methyl sites for hydroxylation is 1. The summed E-state index contributed by atoms with van der Waals surface area (Å²) >= 11 is 0. The van der Waals surface area contributed by atoms with Crippen LogP contribution in [0.15, 0.2) is 42.7 Å². The Bertz CT molecular complexity index is 1060. The Labute approximate surface area is 166 Å². The molecule has 1 aliphatic heterocycles. The fraction of sp³-hybridized carbons (Fsp3) is 0.263. The summed E-state index contributed by atoms with van der Waals surface area (Å²) in [5.41, 5.74) is 1.30. The van der Waals surface area contributed by atoms with Crippen LogP contribution in [-0.4, -0.2) is 55.7 Å². The van der Waals surface area contributed by atoms with Crippen LogP contribution in [0.4, 0.5) is 5.82 Å². The lowest BCUT2D eigenvalue weighted by atomic mass is 10.2. The second kappa shape index (κ2) is 7.66. The molecule has 0 aliphatic carbocycles. The first-order valence-electron chi connectivity index (χ1n) is 9.10. The van der Waals surface area contributed by atoms with Crippen molar-refractivity contribution in [2.45, 2.75) is 25.6 Å². The van der Waals surface area contributed by atoms with Crippen molar-refractivity contribution < 1.29 is 14.4 Å². The summed E-state index contributed by atoms with van der Waals surface area (Å²) in [5.74, 6) is -0.296. The molecule has 1 aliphatic rings. The molecule has 0 fully saturated rings. The first kappa shape index (κ1) is 18.5. The third-order valence-electron chi connectivity index (χ3n) is 4.73. The van der Waals surface area contributed by atoms with E-state index in [9.17, 15) is 14.4 Å². The highest BCUT2D eigenvalue weighted by molar-refractivity contribution is 6.01. The average molecular weight is 393 g/mol. The van der Waals surface area contributed by atoms with Crippen LogP contribution >= 0.6 is 0 Å². The summed E-state index contributed by atoms with van der Waals surface area (Å²) in [6, 6.07) is 10.5. The SMILES string of the molecule is CN1C(=O)C(NC(=O)c2ncn(Cc3ccccc3)n2)CCn2nc(C=O)cc21. The average Bonchev–Trinajstić information content (AvgIpc) is 3.35. The fourth-order valence-electron chi connectivity index (χ4n) is 3.24. The molecule has 1 unspecified atom stereocenters. The Morgan fingerprint density at radius 1 is 1.28 bits per heavy atom. The molecule has 1 aromatic carbocycles. The number of likely N-dealkylation sites (N-methyl/N-ethyl adjacent to an activating group) is 1. The quantitative estimate of drug-likeness (QED) is 0.631. The number of carbonyl (C=O) groups excluding carboxylic acids is 3. The summed E-state index contributed by atoms with van der Waals surface area (Å²) < 4.78 is 3.16. The molecular weight excluding hydrogens is 374 g/mol. The Hall–Kier alpha value is -3.82. The van der Waals surface area contributed by atoms with E-state index in [1.807, 2.05) is 30.3 Å². The largest absolute Gasteiger partial charge is 0.337 e. The summed E-state index contributed by atoms with van der Waals surface area (Å²) in [6.45, 7) is 0.881. The lowest BCUT2D eigenvalue weighted by molar-refractivity contribution is -0.120. The maximum atomic E-state index is 12.8. The molecule has 2 amide bonds. The number of hydrogen-bond donors (Lipinski definition) is 1. The highest BCUT2D eigenvalue weighted by atomic mass is 16.2. The van der Waals surface area contributed by atoms with E-state index in [-0.39, 0.29) is 17.4 Å². The number of nitrogens with one attached hydrogen (secondary N) is 1. The molecule has 2 aromatic heterocycles. The van der Waals surface area contributed by atoms with Gasteiger partial charge in [-0.25, -0.2) is 14.3 Å². The number of carbonyl (C=O) groups is 3. The zero-order valence-corrected chi connectivity index (χ0v) is 15.7. The Morgan fingerprint density at radius 3 is 2.83 bits per heavy atom. The fourth-order valence-corrected chi connectivity index (χ4v) is 3.24. The Kier molecular flexibility index (Phi) is 4.90. The number of amides is 2. The monoisotopic (exact) mass is 393 g/mol. The Balaban J connectivity index is 1.44. The molecule has 10 heteroatoms. The smallest absolute Gasteiger partial charge is 0.291 e. The zero-order chi connectivity index (χ0) is 20.4. The summed E-state index contributed by atoms with van der Waals surface area (Å²) in [7, 11) is 1.59. The minimum absolute atomic E-state index is 0.00149. The van der Waals surface area contributed by atoms with Crippen LogP contribution in [0, 0.1) is 0 Å². The van der Waals surface area contributed by atoms with Gasteiger partial charge in [0.25, 0.3) is 11.8 Å². The minimum Gasteiger partial charge on any atom is -0.337 e. The number of fused-ring (bicyclic) bond motifs is 1. The molecule has 3 heterocycles. The number of aromatic nitrogens is 5. The van der Waals surface area contributed by atoms with Crippen LogP contribution < -0.4 is 10.2 Å². The van der Waals surface area contributed by atoms with Crippen molar-refractivity contribution in [2.24, 2.45) is 0 Å². The van der Waals surface area contributed by atoms with Gasteiger partial charge < -0.3 is 5.32 Å². The molecule has 4 rings (SSSR count). The number of benzene rings is 1. The van der Waals surface area contributed by atoms with Crippen molar-refractivity contribution in [1.29, 1.82) is 0 Å². The molecule has 3 aromatic rings. The van der Waals surface area contributed by atoms with Gasteiger partial charge in [0.1, 0.15) is 23.9 Å². The number of rotatable bonds is 5. The molecule has 29 heavy (non-hydrogen) atoms. The van der Waals surface area contributed by atoms with E-state index in [1.165, 1.54) is 11.2 Å². The molecule has 0 bridgehead atoms. The van der Waals surface area contributed by atoms with Crippen LogP contribution in [0.3, 0.4) is 0 Å². The number of hydrogen-bond acceptors (Lipinski definition) is 6. The van der Waals surface area contributed by atoms with Crippen LogP contribution in [0.1, 0.15) is 33.1 Å². The van der Waals surface area contributed by atoms with Crippen LogP contribution in [0.2, 0.25) is 0 Å². The van der Waals surface area contributed by atoms with Crippen LogP contribution in [0.25, 0.3) is 0 Å². The van der Waals surface area contributed by atoms with Crippen LogP contribution in [0.5, 0.6) is 0 Å². The van der Waals surface area contributed by atoms with Gasteiger partial charge in [0.15, 0.2) is 6.29 Å². The van der Waals surface area contributed by atoms with Gasteiger partial charge in [-0.1, -0.05) is 30.3 Å². The molecule has 1 atom stereocenters. The maximum absolute atomic E-state index is 12.8.